The number of halogens is 1. The van der Waals surface area contributed by atoms with Crippen LogP contribution in [0.15, 0.2) is 16.9 Å². The van der Waals surface area contributed by atoms with Gasteiger partial charge in [-0.1, -0.05) is 0 Å². The first kappa shape index (κ1) is 12.5. The van der Waals surface area contributed by atoms with E-state index in [1.54, 1.807) is 18.0 Å². The van der Waals surface area contributed by atoms with Crippen LogP contribution in [-0.2, 0) is 4.79 Å². The first-order valence-corrected chi connectivity index (χ1v) is 6.73. The van der Waals surface area contributed by atoms with Crippen LogP contribution in [0.3, 0.4) is 0 Å². The summed E-state index contributed by atoms with van der Waals surface area (Å²) in [6.45, 7) is 1.94. The Bertz CT molecular complexity index is 357. The Morgan fingerprint density at radius 2 is 2.40 bits per heavy atom. The van der Waals surface area contributed by atoms with E-state index in [-0.39, 0.29) is 5.91 Å². The fraction of sp³-hybridized carbons (Fsp3) is 0.400. The van der Waals surface area contributed by atoms with E-state index in [9.17, 15) is 4.79 Å². The highest BCUT2D eigenvalue weighted by atomic mass is 79.9. The van der Waals surface area contributed by atoms with Crippen molar-refractivity contribution in [2.24, 2.45) is 0 Å². The second-order valence-corrected chi connectivity index (χ2v) is 4.86. The molecule has 0 spiro atoms. The third-order valence-electron chi connectivity index (χ3n) is 1.83. The molecule has 82 valence electrons. The first-order chi connectivity index (χ1) is 7.13. The van der Waals surface area contributed by atoms with Crippen LogP contribution in [0.5, 0.6) is 0 Å². The molecule has 0 saturated heterocycles. The van der Waals surface area contributed by atoms with Crippen LogP contribution in [0, 0.1) is 6.92 Å². The molecule has 0 unspecified atom stereocenters. The van der Waals surface area contributed by atoms with Crippen LogP contribution < -0.4 is 5.32 Å². The number of rotatable bonds is 4. The summed E-state index contributed by atoms with van der Waals surface area (Å²) in [5.41, 5.74) is 1.76. The lowest BCUT2D eigenvalue weighted by molar-refractivity contribution is -0.115. The zero-order chi connectivity index (χ0) is 11.3. The molecular formula is C10H13BrN2OS. The normalized spacial score (nSPS) is 10.1. The van der Waals surface area contributed by atoms with Crippen molar-refractivity contribution in [1.82, 2.24) is 4.98 Å². The molecule has 1 rings (SSSR count). The molecule has 15 heavy (non-hydrogen) atoms. The number of carbonyl (C=O) groups excluding carboxylic acids is 1. The van der Waals surface area contributed by atoms with Gasteiger partial charge in [-0.3, -0.25) is 4.79 Å². The van der Waals surface area contributed by atoms with Crippen molar-refractivity contribution in [3.63, 3.8) is 0 Å². The molecule has 0 radical (unpaired) electrons. The monoisotopic (exact) mass is 288 g/mol. The molecule has 0 aliphatic carbocycles. The highest BCUT2D eigenvalue weighted by molar-refractivity contribution is 9.10. The molecule has 0 atom stereocenters. The number of hydrogen-bond acceptors (Lipinski definition) is 3. The van der Waals surface area contributed by atoms with Crippen molar-refractivity contribution in [3.05, 3.63) is 22.4 Å². The summed E-state index contributed by atoms with van der Waals surface area (Å²) in [4.78, 5) is 15.5. The summed E-state index contributed by atoms with van der Waals surface area (Å²) in [5, 5.41) is 2.81. The van der Waals surface area contributed by atoms with E-state index in [4.69, 9.17) is 0 Å². The minimum Gasteiger partial charge on any atom is -0.325 e. The zero-order valence-electron chi connectivity index (χ0n) is 8.71. The van der Waals surface area contributed by atoms with Crippen molar-refractivity contribution >= 4 is 39.3 Å². The Kier molecular flexibility index (Phi) is 5.11. The summed E-state index contributed by atoms with van der Waals surface area (Å²) in [6.07, 6.45) is 4.17. The van der Waals surface area contributed by atoms with Crippen molar-refractivity contribution < 1.29 is 4.79 Å². The number of hydrogen-bond donors (Lipinski definition) is 1. The maximum atomic E-state index is 11.4. The van der Waals surface area contributed by atoms with Gasteiger partial charge in [0.1, 0.15) is 4.60 Å². The summed E-state index contributed by atoms with van der Waals surface area (Å²) >= 11 is 4.97. The number of aryl methyl sites for hydroxylation is 1. The molecule has 0 aromatic carbocycles. The second kappa shape index (κ2) is 6.12. The molecule has 3 nitrogen and oxygen atoms in total. The molecule has 0 saturated carbocycles. The lowest BCUT2D eigenvalue weighted by Gasteiger charge is -2.05. The van der Waals surface area contributed by atoms with Gasteiger partial charge in [-0.25, -0.2) is 4.98 Å². The lowest BCUT2D eigenvalue weighted by Crippen LogP contribution is -2.12. The number of nitrogens with one attached hydrogen (secondary N) is 1. The van der Waals surface area contributed by atoms with E-state index >= 15 is 0 Å². The Balaban J connectivity index is 2.57. The van der Waals surface area contributed by atoms with Crippen LogP contribution in [-0.4, -0.2) is 22.9 Å². The van der Waals surface area contributed by atoms with Gasteiger partial charge in [0, 0.05) is 12.2 Å². The number of aromatic nitrogens is 1. The van der Waals surface area contributed by atoms with Crippen LogP contribution in [0.4, 0.5) is 5.69 Å². The molecular weight excluding hydrogens is 276 g/mol. The second-order valence-electron chi connectivity index (χ2n) is 3.12. The number of amides is 1. The Hall–Kier alpha value is -0.550. The maximum absolute atomic E-state index is 11.4. The molecule has 1 aromatic rings. The smallest absolute Gasteiger partial charge is 0.225 e. The molecule has 0 aliphatic heterocycles. The van der Waals surface area contributed by atoms with Gasteiger partial charge in [-0.05, 0) is 40.7 Å². The van der Waals surface area contributed by atoms with Crippen molar-refractivity contribution in [3.8, 4) is 0 Å². The standard InChI is InChI=1S/C10H13BrN2OS/c1-7-5-8(6-12-10(7)11)13-9(14)3-4-15-2/h5-6H,3-4H2,1-2H3,(H,13,14). The van der Waals surface area contributed by atoms with E-state index in [1.807, 2.05) is 19.2 Å². The maximum Gasteiger partial charge on any atom is 0.225 e. The highest BCUT2D eigenvalue weighted by Crippen LogP contribution is 2.16. The van der Waals surface area contributed by atoms with Crippen LogP contribution in [0.2, 0.25) is 0 Å². The highest BCUT2D eigenvalue weighted by Gasteiger charge is 2.03. The minimum absolute atomic E-state index is 0.0351. The van der Waals surface area contributed by atoms with Gasteiger partial charge >= 0.3 is 0 Å². The van der Waals surface area contributed by atoms with Crippen LogP contribution >= 0.6 is 27.7 Å². The van der Waals surface area contributed by atoms with Crippen molar-refractivity contribution in [1.29, 1.82) is 0 Å². The number of nitrogens with zero attached hydrogens (tertiary/aromatic N) is 1. The molecule has 0 bridgehead atoms. The fourth-order valence-corrected chi connectivity index (χ4v) is 1.65. The van der Waals surface area contributed by atoms with E-state index in [1.165, 1.54) is 0 Å². The minimum atomic E-state index is 0.0351. The van der Waals surface area contributed by atoms with Gasteiger partial charge in [-0.15, -0.1) is 0 Å². The SMILES string of the molecule is CSCCC(=O)Nc1cnc(Br)c(C)c1. The Morgan fingerprint density at radius 1 is 1.67 bits per heavy atom. The summed E-state index contributed by atoms with van der Waals surface area (Å²) in [5.74, 6) is 0.877. The van der Waals surface area contributed by atoms with Crippen molar-refractivity contribution in [2.75, 3.05) is 17.3 Å². The molecule has 1 heterocycles. The number of thioether (sulfide) groups is 1. The van der Waals surface area contributed by atoms with Gasteiger partial charge < -0.3 is 5.32 Å². The number of anilines is 1. The lowest BCUT2D eigenvalue weighted by atomic mass is 10.3. The topological polar surface area (TPSA) is 42.0 Å². The molecule has 1 amide bonds. The Labute approximate surface area is 102 Å². The van der Waals surface area contributed by atoms with Gasteiger partial charge in [0.05, 0.1) is 11.9 Å². The zero-order valence-corrected chi connectivity index (χ0v) is 11.1. The third-order valence-corrected chi connectivity index (χ3v) is 3.27. The number of pyridine rings is 1. The largest absolute Gasteiger partial charge is 0.325 e. The fourth-order valence-electron chi connectivity index (χ4n) is 1.04. The quantitative estimate of drug-likeness (QED) is 0.867. The summed E-state index contributed by atoms with van der Waals surface area (Å²) < 4.78 is 0.810. The summed E-state index contributed by atoms with van der Waals surface area (Å²) in [6, 6.07) is 1.90. The molecule has 0 fully saturated rings. The Morgan fingerprint density at radius 3 is 3.00 bits per heavy atom. The van der Waals surface area contributed by atoms with E-state index < -0.39 is 0 Å². The predicted octanol–water partition coefficient (Wildman–Crippen LogP) is 2.84. The van der Waals surface area contributed by atoms with E-state index in [2.05, 4.69) is 26.2 Å². The first-order valence-electron chi connectivity index (χ1n) is 4.54. The molecule has 0 aliphatic rings. The third kappa shape index (κ3) is 4.22. The molecule has 5 heteroatoms. The van der Waals surface area contributed by atoms with Gasteiger partial charge in [0.2, 0.25) is 5.91 Å². The average molecular weight is 289 g/mol. The molecule has 1 N–H and O–H groups in total. The number of carbonyl (C=O) groups is 1. The predicted molar refractivity (Wildman–Crippen MR) is 68.3 cm³/mol. The average Bonchev–Trinajstić information content (AvgIpc) is 2.20. The van der Waals surface area contributed by atoms with Gasteiger partial charge in [0.15, 0.2) is 0 Å². The van der Waals surface area contributed by atoms with E-state index in [0.29, 0.717) is 6.42 Å². The van der Waals surface area contributed by atoms with Crippen LogP contribution in [0.1, 0.15) is 12.0 Å². The van der Waals surface area contributed by atoms with Crippen LogP contribution in [0.25, 0.3) is 0 Å². The van der Waals surface area contributed by atoms with Gasteiger partial charge in [-0.2, -0.15) is 11.8 Å². The molecule has 1 aromatic heterocycles. The summed E-state index contributed by atoms with van der Waals surface area (Å²) in [7, 11) is 0. The van der Waals surface area contributed by atoms with E-state index in [0.717, 1.165) is 21.6 Å². The van der Waals surface area contributed by atoms with Crippen molar-refractivity contribution in [2.45, 2.75) is 13.3 Å². The van der Waals surface area contributed by atoms with Gasteiger partial charge in [0.25, 0.3) is 0 Å².